The number of benzene rings is 1. The fourth-order valence-electron chi connectivity index (χ4n) is 3.73. The van der Waals surface area contributed by atoms with Crippen LogP contribution >= 0.6 is 11.6 Å². The number of hydrogen-bond donors (Lipinski definition) is 0. The monoisotopic (exact) mass is 436 g/mol. The summed E-state index contributed by atoms with van der Waals surface area (Å²) in [4.78, 5) is 19.9. The molecular weight excluding hydrogens is 412 g/mol. The maximum absolute atomic E-state index is 6.12. The maximum atomic E-state index is 6.12. The molecule has 0 bridgehead atoms. The van der Waals surface area contributed by atoms with E-state index in [-0.39, 0.29) is 0 Å². The topological polar surface area (TPSA) is 69.0 Å². The van der Waals surface area contributed by atoms with E-state index in [1.807, 2.05) is 43.3 Å². The molecule has 6 nitrogen and oxygen atoms in total. The van der Waals surface area contributed by atoms with Gasteiger partial charge in [0.05, 0.1) is 16.9 Å². The van der Waals surface area contributed by atoms with E-state index >= 15 is 0 Å². The SMILES string of the molecule is CO/N=C(\C)c1cccc(CCCO/N=C2\CCCc3cc4cc(Cl)ccc4nc32)n1. The normalized spacial score (nSPS) is 15.2. The zero-order valence-electron chi connectivity index (χ0n) is 17.8. The molecule has 160 valence electrons. The Balaban J connectivity index is 1.38. The minimum absolute atomic E-state index is 0.527. The Hall–Kier alpha value is -2.99. The zero-order chi connectivity index (χ0) is 21.6. The van der Waals surface area contributed by atoms with E-state index in [0.717, 1.165) is 76.5 Å². The second-order valence-electron chi connectivity index (χ2n) is 7.53. The molecule has 31 heavy (non-hydrogen) atoms. The van der Waals surface area contributed by atoms with Crippen molar-refractivity contribution in [1.82, 2.24) is 9.97 Å². The van der Waals surface area contributed by atoms with Crippen molar-refractivity contribution < 1.29 is 9.68 Å². The molecule has 0 fully saturated rings. The molecular formula is C24H25ClN4O2. The summed E-state index contributed by atoms with van der Waals surface area (Å²) in [7, 11) is 1.53. The van der Waals surface area contributed by atoms with Crippen LogP contribution in [0.25, 0.3) is 10.9 Å². The van der Waals surface area contributed by atoms with Crippen molar-refractivity contribution in [2.75, 3.05) is 13.7 Å². The minimum atomic E-state index is 0.527. The van der Waals surface area contributed by atoms with E-state index in [2.05, 4.69) is 21.4 Å². The molecule has 0 saturated carbocycles. The third-order valence-corrected chi connectivity index (χ3v) is 5.47. The molecule has 0 unspecified atom stereocenters. The highest BCUT2D eigenvalue weighted by Crippen LogP contribution is 2.26. The highest BCUT2D eigenvalue weighted by molar-refractivity contribution is 6.31. The van der Waals surface area contributed by atoms with Gasteiger partial charge in [-0.25, -0.2) is 4.98 Å². The Bertz CT molecular complexity index is 1140. The van der Waals surface area contributed by atoms with E-state index in [1.54, 1.807) is 0 Å². The van der Waals surface area contributed by atoms with Gasteiger partial charge in [-0.2, -0.15) is 0 Å². The summed E-state index contributed by atoms with van der Waals surface area (Å²) in [5.41, 5.74) is 6.57. The van der Waals surface area contributed by atoms with Crippen LogP contribution in [0.5, 0.6) is 0 Å². The number of halogens is 1. The highest BCUT2D eigenvalue weighted by atomic mass is 35.5. The van der Waals surface area contributed by atoms with Crippen LogP contribution in [0.4, 0.5) is 0 Å². The molecule has 0 amide bonds. The van der Waals surface area contributed by atoms with Gasteiger partial charge < -0.3 is 9.68 Å². The van der Waals surface area contributed by atoms with Crippen molar-refractivity contribution >= 4 is 33.9 Å². The standard InChI is InChI=1S/C24H25ClN4O2/c1-16(28-30-2)21-9-4-7-20(26-21)8-5-13-31-29-23-10-3-6-17-14-18-15-19(25)11-12-22(18)27-24(17)23/h4,7,9,11-12,14-15H,3,5-6,8,10,13H2,1-2H3/b28-16+,29-23+. The van der Waals surface area contributed by atoms with E-state index in [9.17, 15) is 0 Å². The number of aryl methyl sites for hydroxylation is 2. The molecule has 0 N–H and O–H groups in total. The van der Waals surface area contributed by atoms with Gasteiger partial charge in [0.15, 0.2) is 0 Å². The second kappa shape index (κ2) is 9.88. The number of fused-ring (bicyclic) bond motifs is 2. The molecule has 1 aliphatic carbocycles. The molecule has 0 atom stereocenters. The molecule has 2 heterocycles. The van der Waals surface area contributed by atoms with E-state index in [0.29, 0.717) is 6.61 Å². The minimum Gasteiger partial charge on any atom is -0.399 e. The summed E-state index contributed by atoms with van der Waals surface area (Å²) in [5, 5.41) is 10.1. The molecule has 1 aromatic carbocycles. The molecule has 4 rings (SSSR count). The van der Waals surface area contributed by atoms with Crippen LogP contribution in [0.15, 0.2) is 52.8 Å². The number of aromatic nitrogens is 2. The lowest BCUT2D eigenvalue weighted by atomic mass is 9.93. The lowest BCUT2D eigenvalue weighted by molar-refractivity contribution is 0.141. The van der Waals surface area contributed by atoms with E-state index < -0.39 is 0 Å². The van der Waals surface area contributed by atoms with Gasteiger partial charge in [-0.05, 0) is 81.0 Å². The van der Waals surface area contributed by atoms with Crippen LogP contribution in [0.1, 0.15) is 48.8 Å². The van der Waals surface area contributed by atoms with Crippen LogP contribution in [-0.2, 0) is 22.5 Å². The van der Waals surface area contributed by atoms with Crippen molar-refractivity contribution in [2.45, 2.75) is 39.0 Å². The number of hydrogen-bond acceptors (Lipinski definition) is 6. The molecule has 0 spiro atoms. The quantitative estimate of drug-likeness (QED) is 0.284. The van der Waals surface area contributed by atoms with Crippen molar-refractivity contribution in [3.8, 4) is 0 Å². The molecule has 3 aromatic rings. The summed E-state index contributed by atoms with van der Waals surface area (Å²) < 4.78 is 0. The van der Waals surface area contributed by atoms with Crippen LogP contribution in [0.2, 0.25) is 5.02 Å². The molecule has 7 heteroatoms. The Labute approximate surface area is 186 Å². The molecule has 2 aromatic heterocycles. The van der Waals surface area contributed by atoms with Crippen LogP contribution in [0.3, 0.4) is 0 Å². The number of oxime groups is 2. The van der Waals surface area contributed by atoms with Gasteiger partial charge in [-0.1, -0.05) is 28.0 Å². The van der Waals surface area contributed by atoms with Crippen LogP contribution in [0, 0.1) is 0 Å². The number of nitrogens with zero attached hydrogens (tertiary/aromatic N) is 4. The smallest absolute Gasteiger partial charge is 0.117 e. The first-order chi connectivity index (χ1) is 15.1. The van der Waals surface area contributed by atoms with Crippen molar-refractivity contribution in [2.24, 2.45) is 10.3 Å². The fraction of sp³-hybridized carbons (Fsp3) is 0.333. The second-order valence-corrected chi connectivity index (χ2v) is 7.97. The third kappa shape index (κ3) is 5.20. The summed E-state index contributed by atoms with van der Waals surface area (Å²) in [6.45, 7) is 2.40. The van der Waals surface area contributed by atoms with Crippen molar-refractivity contribution in [3.63, 3.8) is 0 Å². The molecule has 0 radical (unpaired) electrons. The van der Waals surface area contributed by atoms with Crippen molar-refractivity contribution in [1.29, 1.82) is 0 Å². The zero-order valence-corrected chi connectivity index (χ0v) is 18.5. The van der Waals surface area contributed by atoms with Gasteiger partial charge in [-0.3, -0.25) is 4.98 Å². The Morgan fingerprint density at radius 2 is 2.03 bits per heavy atom. The van der Waals surface area contributed by atoms with E-state index in [4.69, 9.17) is 26.3 Å². The summed E-state index contributed by atoms with van der Waals surface area (Å²) in [5.74, 6) is 0. The Morgan fingerprint density at radius 1 is 1.13 bits per heavy atom. The van der Waals surface area contributed by atoms with Gasteiger partial charge in [0.1, 0.15) is 25.1 Å². The first kappa shape index (κ1) is 21.2. The third-order valence-electron chi connectivity index (χ3n) is 5.24. The number of rotatable bonds is 7. The van der Waals surface area contributed by atoms with Gasteiger partial charge in [0, 0.05) is 16.1 Å². The fourth-order valence-corrected chi connectivity index (χ4v) is 3.91. The van der Waals surface area contributed by atoms with Crippen molar-refractivity contribution in [3.05, 3.63) is 70.1 Å². The van der Waals surface area contributed by atoms with Gasteiger partial charge in [0.2, 0.25) is 0 Å². The summed E-state index contributed by atoms with van der Waals surface area (Å²) in [6.07, 6.45) is 4.55. The predicted molar refractivity (Wildman–Crippen MR) is 124 cm³/mol. The maximum Gasteiger partial charge on any atom is 0.117 e. The summed E-state index contributed by atoms with van der Waals surface area (Å²) in [6, 6.07) is 13.9. The first-order valence-corrected chi connectivity index (χ1v) is 10.8. The largest absolute Gasteiger partial charge is 0.399 e. The number of pyridine rings is 2. The van der Waals surface area contributed by atoms with Gasteiger partial charge >= 0.3 is 0 Å². The highest BCUT2D eigenvalue weighted by Gasteiger charge is 2.19. The Morgan fingerprint density at radius 3 is 2.90 bits per heavy atom. The van der Waals surface area contributed by atoms with Crippen LogP contribution in [-0.4, -0.2) is 35.1 Å². The molecule has 1 aliphatic rings. The Kier molecular flexibility index (Phi) is 6.77. The lowest BCUT2D eigenvalue weighted by Crippen LogP contribution is -2.15. The van der Waals surface area contributed by atoms with Gasteiger partial charge in [0.25, 0.3) is 0 Å². The predicted octanol–water partition coefficient (Wildman–Crippen LogP) is 5.34. The average molecular weight is 437 g/mol. The van der Waals surface area contributed by atoms with E-state index in [1.165, 1.54) is 12.7 Å². The molecule has 0 saturated heterocycles. The first-order valence-electron chi connectivity index (χ1n) is 10.5. The summed E-state index contributed by atoms with van der Waals surface area (Å²) >= 11 is 6.12. The average Bonchev–Trinajstić information content (AvgIpc) is 2.78. The lowest BCUT2D eigenvalue weighted by Gasteiger charge is -2.17. The molecule has 0 aliphatic heterocycles. The van der Waals surface area contributed by atoms with Crippen LogP contribution < -0.4 is 0 Å². The van der Waals surface area contributed by atoms with Gasteiger partial charge in [-0.15, -0.1) is 0 Å².